The molecule has 0 spiro atoms. The van der Waals surface area contributed by atoms with E-state index in [0.717, 1.165) is 0 Å². The van der Waals surface area contributed by atoms with Crippen LogP contribution in [0.5, 0.6) is 0 Å². The number of hydrogen-bond acceptors (Lipinski definition) is 4. The Hall–Kier alpha value is -0.160. The summed E-state index contributed by atoms with van der Waals surface area (Å²) < 4.78 is 10.1. The molecule has 0 heterocycles. The summed E-state index contributed by atoms with van der Waals surface area (Å²) in [6.45, 7) is 4.36. The topological polar surface area (TPSA) is 58.9 Å². The monoisotopic (exact) mass is 192 g/mol. The molecule has 1 atom stereocenters. The van der Waals surface area contributed by atoms with E-state index in [1.165, 1.54) is 7.11 Å². The highest BCUT2D eigenvalue weighted by atomic mass is 16.5. The Bertz CT molecular complexity index is 125. The van der Waals surface area contributed by atoms with Crippen molar-refractivity contribution in [3.8, 4) is 0 Å². The van der Waals surface area contributed by atoms with Gasteiger partial charge in [0.1, 0.15) is 6.10 Å². The van der Waals surface area contributed by atoms with Crippen molar-refractivity contribution >= 4 is 0 Å². The molecule has 0 amide bonds. The Morgan fingerprint density at radius 2 is 1.92 bits per heavy atom. The zero-order valence-corrected chi connectivity index (χ0v) is 8.62. The van der Waals surface area contributed by atoms with E-state index in [0.29, 0.717) is 6.42 Å². The standard InChI is InChI=1S/C9H20O4/c1-9(2,4-5-10)13-7-8(11)6-12-3/h8,10-11H,4-7H2,1-3H3. The highest BCUT2D eigenvalue weighted by molar-refractivity contribution is 4.68. The molecular formula is C9H20O4. The van der Waals surface area contributed by atoms with Crippen LogP contribution in [0.25, 0.3) is 0 Å². The Balaban J connectivity index is 3.60. The van der Waals surface area contributed by atoms with Gasteiger partial charge in [0.15, 0.2) is 0 Å². The highest BCUT2D eigenvalue weighted by Crippen LogP contribution is 2.13. The van der Waals surface area contributed by atoms with Crippen molar-refractivity contribution in [2.45, 2.75) is 32.0 Å². The lowest BCUT2D eigenvalue weighted by Crippen LogP contribution is -2.31. The number of ether oxygens (including phenoxy) is 2. The van der Waals surface area contributed by atoms with Gasteiger partial charge in [0.2, 0.25) is 0 Å². The first kappa shape index (κ1) is 12.8. The third-order valence-electron chi connectivity index (χ3n) is 1.74. The molecule has 1 unspecified atom stereocenters. The van der Waals surface area contributed by atoms with Crippen molar-refractivity contribution < 1.29 is 19.7 Å². The summed E-state index contributed by atoms with van der Waals surface area (Å²) in [5.74, 6) is 0. The van der Waals surface area contributed by atoms with Crippen molar-refractivity contribution in [3.05, 3.63) is 0 Å². The molecule has 0 rings (SSSR count). The molecule has 0 saturated carbocycles. The first-order valence-corrected chi connectivity index (χ1v) is 4.43. The minimum absolute atomic E-state index is 0.0906. The predicted octanol–water partition coefficient (Wildman–Crippen LogP) is 0.171. The fraction of sp³-hybridized carbons (Fsp3) is 1.00. The van der Waals surface area contributed by atoms with E-state index in [-0.39, 0.29) is 25.4 Å². The maximum absolute atomic E-state index is 9.27. The van der Waals surface area contributed by atoms with Crippen LogP contribution in [-0.2, 0) is 9.47 Å². The molecule has 80 valence electrons. The van der Waals surface area contributed by atoms with Gasteiger partial charge in [-0.2, -0.15) is 0 Å². The minimum Gasteiger partial charge on any atom is -0.396 e. The third-order valence-corrected chi connectivity index (χ3v) is 1.74. The van der Waals surface area contributed by atoms with E-state index >= 15 is 0 Å². The number of aliphatic hydroxyl groups excluding tert-OH is 2. The lowest BCUT2D eigenvalue weighted by Gasteiger charge is -2.25. The smallest absolute Gasteiger partial charge is 0.101 e. The molecule has 0 aromatic rings. The Morgan fingerprint density at radius 1 is 1.31 bits per heavy atom. The third kappa shape index (κ3) is 6.95. The van der Waals surface area contributed by atoms with Crippen LogP contribution in [-0.4, -0.2) is 48.8 Å². The zero-order chi connectivity index (χ0) is 10.3. The van der Waals surface area contributed by atoms with Crippen LogP contribution in [0.1, 0.15) is 20.3 Å². The van der Waals surface area contributed by atoms with Crippen molar-refractivity contribution in [2.75, 3.05) is 26.9 Å². The van der Waals surface area contributed by atoms with Gasteiger partial charge in [-0.15, -0.1) is 0 Å². The second-order valence-electron chi connectivity index (χ2n) is 3.65. The summed E-state index contributed by atoms with van der Waals surface area (Å²) in [7, 11) is 1.53. The number of hydrogen-bond donors (Lipinski definition) is 2. The second-order valence-corrected chi connectivity index (χ2v) is 3.65. The number of aliphatic hydroxyl groups is 2. The molecule has 2 N–H and O–H groups in total. The van der Waals surface area contributed by atoms with E-state index < -0.39 is 6.10 Å². The van der Waals surface area contributed by atoms with Crippen LogP contribution in [0.2, 0.25) is 0 Å². The highest BCUT2D eigenvalue weighted by Gasteiger charge is 2.19. The molecule has 0 aliphatic carbocycles. The van der Waals surface area contributed by atoms with Gasteiger partial charge in [0.05, 0.1) is 18.8 Å². The van der Waals surface area contributed by atoms with Gasteiger partial charge in [-0.1, -0.05) is 0 Å². The summed E-state index contributed by atoms with van der Waals surface area (Å²) in [6, 6.07) is 0. The molecule has 4 heteroatoms. The van der Waals surface area contributed by atoms with Crippen molar-refractivity contribution in [3.63, 3.8) is 0 Å². The SMILES string of the molecule is COCC(O)COC(C)(C)CCO. The fourth-order valence-electron chi connectivity index (χ4n) is 0.904. The predicted molar refractivity (Wildman–Crippen MR) is 49.6 cm³/mol. The van der Waals surface area contributed by atoms with E-state index in [1.807, 2.05) is 13.8 Å². The van der Waals surface area contributed by atoms with Crippen LogP contribution < -0.4 is 0 Å². The molecular weight excluding hydrogens is 172 g/mol. The normalized spacial score (nSPS) is 14.5. The largest absolute Gasteiger partial charge is 0.396 e. The van der Waals surface area contributed by atoms with Crippen molar-refractivity contribution in [1.29, 1.82) is 0 Å². The maximum Gasteiger partial charge on any atom is 0.101 e. The van der Waals surface area contributed by atoms with Crippen LogP contribution in [0.15, 0.2) is 0 Å². The molecule has 4 nitrogen and oxygen atoms in total. The van der Waals surface area contributed by atoms with E-state index in [9.17, 15) is 5.11 Å². The summed E-state index contributed by atoms with van der Waals surface area (Å²) in [4.78, 5) is 0. The van der Waals surface area contributed by atoms with Gasteiger partial charge in [0.25, 0.3) is 0 Å². The maximum atomic E-state index is 9.27. The van der Waals surface area contributed by atoms with Gasteiger partial charge < -0.3 is 19.7 Å². The molecule has 13 heavy (non-hydrogen) atoms. The lowest BCUT2D eigenvalue weighted by atomic mass is 10.1. The Labute approximate surface area is 79.5 Å². The van der Waals surface area contributed by atoms with Crippen LogP contribution in [0.3, 0.4) is 0 Å². The number of methoxy groups -OCH3 is 1. The van der Waals surface area contributed by atoms with E-state index in [4.69, 9.17) is 14.6 Å². The average Bonchev–Trinajstić information content (AvgIpc) is 2.02. The van der Waals surface area contributed by atoms with Gasteiger partial charge in [-0.25, -0.2) is 0 Å². The van der Waals surface area contributed by atoms with Crippen molar-refractivity contribution in [1.82, 2.24) is 0 Å². The van der Waals surface area contributed by atoms with Crippen LogP contribution in [0, 0.1) is 0 Å². The molecule has 0 aromatic heterocycles. The first-order chi connectivity index (χ1) is 6.02. The van der Waals surface area contributed by atoms with Gasteiger partial charge >= 0.3 is 0 Å². The quantitative estimate of drug-likeness (QED) is 0.603. The summed E-state index contributed by atoms with van der Waals surface area (Å²) in [6.07, 6.45) is -0.0323. The summed E-state index contributed by atoms with van der Waals surface area (Å²) in [5, 5.41) is 18.0. The van der Waals surface area contributed by atoms with E-state index in [2.05, 4.69) is 0 Å². The molecule has 0 aliphatic rings. The molecule has 0 fully saturated rings. The Kier molecular flexibility index (Phi) is 6.24. The molecule has 0 radical (unpaired) electrons. The lowest BCUT2D eigenvalue weighted by molar-refractivity contribution is -0.0825. The fourth-order valence-corrected chi connectivity index (χ4v) is 0.904. The van der Waals surface area contributed by atoms with Gasteiger partial charge in [-0.3, -0.25) is 0 Å². The zero-order valence-electron chi connectivity index (χ0n) is 8.62. The molecule has 0 aliphatic heterocycles. The number of rotatable bonds is 7. The molecule has 0 aromatic carbocycles. The van der Waals surface area contributed by atoms with Crippen LogP contribution >= 0.6 is 0 Å². The first-order valence-electron chi connectivity index (χ1n) is 4.43. The van der Waals surface area contributed by atoms with Crippen LogP contribution in [0.4, 0.5) is 0 Å². The molecule has 0 saturated heterocycles. The Morgan fingerprint density at radius 3 is 2.38 bits per heavy atom. The van der Waals surface area contributed by atoms with Crippen molar-refractivity contribution in [2.24, 2.45) is 0 Å². The summed E-state index contributed by atoms with van der Waals surface area (Å²) in [5.41, 5.74) is -0.385. The van der Waals surface area contributed by atoms with Gasteiger partial charge in [0, 0.05) is 13.7 Å². The molecule has 0 bridgehead atoms. The minimum atomic E-state index is -0.594. The summed E-state index contributed by atoms with van der Waals surface area (Å²) >= 11 is 0. The van der Waals surface area contributed by atoms with E-state index in [1.54, 1.807) is 0 Å². The second kappa shape index (κ2) is 6.32. The average molecular weight is 192 g/mol. The van der Waals surface area contributed by atoms with Gasteiger partial charge in [-0.05, 0) is 20.3 Å².